The topological polar surface area (TPSA) is 33.5 Å². The Kier molecular flexibility index (Phi) is 3.81. The van der Waals surface area contributed by atoms with E-state index in [2.05, 4.69) is 15.9 Å². The third kappa shape index (κ3) is 2.61. The van der Waals surface area contributed by atoms with E-state index in [1.807, 2.05) is 0 Å². The van der Waals surface area contributed by atoms with Crippen molar-refractivity contribution in [2.24, 2.45) is 0 Å². The number of hydrogen-bond donors (Lipinski definition) is 0. The van der Waals surface area contributed by atoms with E-state index in [0.29, 0.717) is 6.54 Å². The van der Waals surface area contributed by atoms with Gasteiger partial charge in [0.15, 0.2) is 0 Å². The fourth-order valence-electron chi connectivity index (χ4n) is 1.60. The van der Waals surface area contributed by atoms with Gasteiger partial charge in [-0.15, -0.1) is 0 Å². The van der Waals surface area contributed by atoms with Crippen molar-refractivity contribution in [1.29, 1.82) is 0 Å². The normalized spacial score (nSPS) is 10.4. The Balaban J connectivity index is 2.18. The lowest BCUT2D eigenvalue weighted by molar-refractivity contribution is 0.0780. The van der Waals surface area contributed by atoms with Gasteiger partial charge in [-0.3, -0.25) is 4.79 Å². The van der Waals surface area contributed by atoms with Crippen LogP contribution >= 0.6 is 15.9 Å². The smallest absolute Gasteiger partial charge is 0.256 e. The molecule has 18 heavy (non-hydrogen) atoms. The summed E-state index contributed by atoms with van der Waals surface area (Å²) in [6.07, 6.45) is 3.09. The second-order valence-corrected chi connectivity index (χ2v) is 4.75. The minimum Gasteiger partial charge on any atom is -0.472 e. The molecule has 0 unspecified atom stereocenters. The number of amides is 1. The largest absolute Gasteiger partial charge is 0.472 e. The maximum absolute atomic E-state index is 13.8. The molecule has 0 bridgehead atoms. The number of nitrogens with zero attached hydrogens (tertiary/aromatic N) is 1. The summed E-state index contributed by atoms with van der Waals surface area (Å²) in [5.74, 6) is -0.906. The molecular formula is C13H11BrFNO2. The minimum atomic E-state index is -0.540. The average molecular weight is 312 g/mol. The standard InChI is InChI=1S/C13H11BrFNO2/c1-16(7-9-5-6-18-8-9)13(17)10-3-2-4-11(14)12(10)15/h2-6,8H,7H2,1H3. The number of carbonyl (C=O) groups excluding carboxylic acids is 1. The Morgan fingerprint density at radius 2 is 2.22 bits per heavy atom. The predicted molar refractivity (Wildman–Crippen MR) is 68.6 cm³/mol. The van der Waals surface area contributed by atoms with Crippen molar-refractivity contribution in [3.05, 3.63) is 58.2 Å². The van der Waals surface area contributed by atoms with E-state index in [1.54, 1.807) is 31.5 Å². The van der Waals surface area contributed by atoms with Crippen LogP contribution in [0.25, 0.3) is 0 Å². The van der Waals surface area contributed by atoms with E-state index in [4.69, 9.17) is 4.42 Å². The number of hydrogen-bond acceptors (Lipinski definition) is 2. The Hall–Kier alpha value is -1.62. The van der Waals surface area contributed by atoms with Gasteiger partial charge in [0.25, 0.3) is 5.91 Å². The molecule has 0 atom stereocenters. The van der Waals surface area contributed by atoms with Crippen LogP contribution < -0.4 is 0 Å². The number of halogens is 2. The summed E-state index contributed by atoms with van der Waals surface area (Å²) < 4.78 is 19.0. The molecule has 0 spiro atoms. The monoisotopic (exact) mass is 311 g/mol. The third-order valence-electron chi connectivity index (χ3n) is 2.53. The Morgan fingerprint density at radius 1 is 1.44 bits per heavy atom. The van der Waals surface area contributed by atoms with Crippen molar-refractivity contribution >= 4 is 21.8 Å². The summed E-state index contributed by atoms with van der Waals surface area (Å²) in [6, 6.07) is 6.42. The summed E-state index contributed by atoms with van der Waals surface area (Å²) in [4.78, 5) is 13.5. The zero-order valence-electron chi connectivity index (χ0n) is 9.69. The molecule has 2 rings (SSSR count). The lowest BCUT2D eigenvalue weighted by Crippen LogP contribution is -2.26. The highest BCUT2D eigenvalue weighted by Gasteiger charge is 2.18. The molecule has 2 aromatic rings. The van der Waals surface area contributed by atoms with Crippen LogP contribution in [0.5, 0.6) is 0 Å². The van der Waals surface area contributed by atoms with Crippen molar-refractivity contribution in [2.45, 2.75) is 6.54 Å². The first kappa shape index (κ1) is 12.8. The number of rotatable bonds is 3. The average Bonchev–Trinajstić information content (AvgIpc) is 2.84. The molecule has 94 valence electrons. The van der Waals surface area contributed by atoms with E-state index in [-0.39, 0.29) is 15.9 Å². The summed E-state index contributed by atoms with van der Waals surface area (Å²) in [7, 11) is 1.62. The van der Waals surface area contributed by atoms with Gasteiger partial charge in [-0.2, -0.15) is 0 Å². The molecule has 1 aromatic carbocycles. The molecule has 0 aliphatic heterocycles. The zero-order valence-corrected chi connectivity index (χ0v) is 11.3. The van der Waals surface area contributed by atoms with Crippen molar-refractivity contribution in [3.8, 4) is 0 Å². The molecule has 0 N–H and O–H groups in total. The van der Waals surface area contributed by atoms with Crippen LogP contribution in [0.3, 0.4) is 0 Å². The quantitative estimate of drug-likeness (QED) is 0.870. The predicted octanol–water partition coefficient (Wildman–Crippen LogP) is 3.45. The second kappa shape index (κ2) is 5.35. The van der Waals surface area contributed by atoms with Crippen LogP contribution in [0.1, 0.15) is 15.9 Å². The maximum Gasteiger partial charge on any atom is 0.256 e. The first-order chi connectivity index (χ1) is 8.59. The number of benzene rings is 1. The van der Waals surface area contributed by atoms with E-state index < -0.39 is 5.82 Å². The highest BCUT2D eigenvalue weighted by Crippen LogP contribution is 2.20. The highest BCUT2D eigenvalue weighted by molar-refractivity contribution is 9.10. The Morgan fingerprint density at radius 3 is 2.89 bits per heavy atom. The Bertz CT molecular complexity index is 554. The van der Waals surface area contributed by atoms with Gasteiger partial charge < -0.3 is 9.32 Å². The first-order valence-corrected chi connectivity index (χ1v) is 6.09. The van der Waals surface area contributed by atoms with Gasteiger partial charge >= 0.3 is 0 Å². The van der Waals surface area contributed by atoms with Crippen LogP contribution in [-0.2, 0) is 6.54 Å². The van der Waals surface area contributed by atoms with Gasteiger partial charge in [-0.05, 0) is 34.1 Å². The molecule has 0 saturated heterocycles. The van der Waals surface area contributed by atoms with Crippen LogP contribution in [0, 0.1) is 5.82 Å². The molecule has 1 amide bonds. The van der Waals surface area contributed by atoms with Crippen LogP contribution in [-0.4, -0.2) is 17.9 Å². The maximum atomic E-state index is 13.8. The molecule has 0 fully saturated rings. The van der Waals surface area contributed by atoms with E-state index >= 15 is 0 Å². The fourth-order valence-corrected chi connectivity index (χ4v) is 1.97. The van der Waals surface area contributed by atoms with E-state index in [9.17, 15) is 9.18 Å². The summed E-state index contributed by atoms with van der Waals surface area (Å²) >= 11 is 3.06. The summed E-state index contributed by atoms with van der Waals surface area (Å²) in [5.41, 5.74) is 0.914. The molecule has 0 saturated carbocycles. The van der Waals surface area contributed by atoms with Gasteiger partial charge in [-0.25, -0.2) is 4.39 Å². The van der Waals surface area contributed by atoms with Crippen molar-refractivity contribution in [1.82, 2.24) is 4.90 Å². The summed E-state index contributed by atoms with van der Waals surface area (Å²) in [6.45, 7) is 0.376. The molecule has 1 heterocycles. The van der Waals surface area contributed by atoms with Crippen molar-refractivity contribution < 1.29 is 13.6 Å². The third-order valence-corrected chi connectivity index (χ3v) is 3.14. The van der Waals surface area contributed by atoms with Crippen LogP contribution in [0.4, 0.5) is 4.39 Å². The summed E-state index contributed by atoms with van der Waals surface area (Å²) in [5, 5.41) is 0. The van der Waals surface area contributed by atoms with Crippen LogP contribution in [0.15, 0.2) is 45.7 Å². The molecule has 5 heteroatoms. The molecule has 0 radical (unpaired) electrons. The number of carbonyl (C=O) groups is 1. The van der Waals surface area contributed by atoms with Crippen molar-refractivity contribution in [3.63, 3.8) is 0 Å². The Labute approximate surface area is 112 Å². The van der Waals surface area contributed by atoms with Crippen LogP contribution in [0.2, 0.25) is 0 Å². The molecule has 0 aliphatic rings. The van der Waals surface area contributed by atoms with Crippen molar-refractivity contribution in [2.75, 3.05) is 7.05 Å². The van der Waals surface area contributed by atoms with Gasteiger partial charge in [0, 0.05) is 19.2 Å². The molecular weight excluding hydrogens is 301 g/mol. The lowest BCUT2D eigenvalue weighted by Gasteiger charge is -2.16. The molecule has 0 aliphatic carbocycles. The van der Waals surface area contributed by atoms with Gasteiger partial charge in [-0.1, -0.05) is 6.07 Å². The highest BCUT2D eigenvalue weighted by atomic mass is 79.9. The van der Waals surface area contributed by atoms with Gasteiger partial charge in [0.2, 0.25) is 0 Å². The van der Waals surface area contributed by atoms with Gasteiger partial charge in [0.1, 0.15) is 5.82 Å². The SMILES string of the molecule is CN(Cc1ccoc1)C(=O)c1cccc(Br)c1F. The fraction of sp³-hybridized carbons (Fsp3) is 0.154. The van der Waals surface area contributed by atoms with E-state index in [1.165, 1.54) is 17.2 Å². The molecule has 3 nitrogen and oxygen atoms in total. The zero-order chi connectivity index (χ0) is 13.1. The number of furan rings is 1. The first-order valence-electron chi connectivity index (χ1n) is 5.30. The second-order valence-electron chi connectivity index (χ2n) is 3.89. The minimum absolute atomic E-state index is 0.0513. The molecule has 1 aromatic heterocycles. The van der Waals surface area contributed by atoms with Gasteiger partial charge in [0.05, 0.1) is 22.6 Å². The lowest BCUT2D eigenvalue weighted by atomic mass is 10.2. The van der Waals surface area contributed by atoms with E-state index in [0.717, 1.165) is 5.56 Å².